The molecule has 0 bridgehead atoms. The number of unbranched alkanes of at least 4 members (excludes halogenated alkanes) is 4. The van der Waals surface area contributed by atoms with Crippen LogP contribution in [0.4, 0.5) is 0 Å². The number of ether oxygens (including phenoxy) is 3. The highest BCUT2D eigenvalue weighted by molar-refractivity contribution is 6.17. The van der Waals surface area contributed by atoms with Crippen molar-refractivity contribution in [3.63, 3.8) is 0 Å². The third-order valence-electron chi connectivity index (χ3n) is 5.36. The number of alkyl halides is 1. The molecule has 3 aromatic rings. The van der Waals surface area contributed by atoms with Gasteiger partial charge in [-0.05, 0) is 59.7 Å². The summed E-state index contributed by atoms with van der Waals surface area (Å²) < 4.78 is 17.5. The van der Waals surface area contributed by atoms with Crippen LogP contribution in [-0.4, -0.2) is 45.5 Å². The molecule has 4 rings (SSSR count). The Morgan fingerprint density at radius 1 is 1.12 bits per heavy atom. The molecular weight excluding hydrogens is 446 g/mol. The topological polar surface area (TPSA) is 125 Å². The van der Waals surface area contributed by atoms with E-state index in [-0.39, 0.29) is 24.0 Å². The predicted octanol–water partition coefficient (Wildman–Crippen LogP) is 3.58. The molecule has 1 aliphatic heterocycles. The van der Waals surface area contributed by atoms with Gasteiger partial charge < -0.3 is 14.2 Å². The zero-order chi connectivity index (χ0) is 23.1. The molecule has 0 spiro atoms. The monoisotopic (exact) mass is 471 g/mol. The van der Waals surface area contributed by atoms with E-state index in [1.54, 1.807) is 42.5 Å². The van der Waals surface area contributed by atoms with Crippen LogP contribution in [0.3, 0.4) is 0 Å². The van der Waals surface area contributed by atoms with Crippen LogP contribution in [0.15, 0.2) is 42.5 Å². The number of para-hydroxylation sites is 1. The number of ketones is 1. The first-order chi connectivity index (χ1) is 16.1. The van der Waals surface area contributed by atoms with Gasteiger partial charge in [-0.25, -0.2) is 5.10 Å². The summed E-state index contributed by atoms with van der Waals surface area (Å²) in [4.78, 5) is 13.2. The van der Waals surface area contributed by atoms with Crippen LogP contribution in [0.2, 0.25) is 0 Å². The van der Waals surface area contributed by atoms with Crippen molar-refractivity contribution in [1.29, 1.82) is 0 Å². The van der Waals surface area contributed by atoms with Crippen molar-refractivity contribution in [3.8, 4) is 17.2 Å². The van der Waals surface area contributed by atoms with Crippen molar-refractivity contribution < 1.29 is 19.0 Å². The molecular formula is C23H26ClN5O4. The lowest BCUT2D eigenvalue weighted by atomic mass is 10.0. The first-order valence-electron chi connectivity index (χ1n) is 10.9. The molecule has 2 heterocycles. The van der Waals surface area contributed by atoms with Crippen molar-refractivity contribution >= 4 is 17.4 Å². The lowest BCUT2D eigenvalue weighted by Crippen LogP contribution is -2.51. The number of hydrogen-bond donors (Lipinski definition) is 2. The summed E-state index contributed by atoms with van der Waals surface area (Å²) in [5.41, 5.74) is 5.70. The summed E-state index contributed by atoms with van der Waals surface area (Å²) in [6.45, 7) is 0.633. The standard InChI is InChI=1S/C23H26ClN5O4/c24-13-4-2-1-3-5-14-31-17-11-9-16(10-12-17)20(30)18-7-6-8-19-21(18)33-23(25,15-32-19)22-26-28-29-27-22/h6-12H,1-5,13-15,25H2,(H,26,27,28,29). The number of H-pyrrole nitrogens is 1. The molecule has 0 saturated carbocycles. The number of nitrogens with one attached hydrogen (secondary N) is 1. The van der Waals surface area contributed by atoms with E-state index in [2.05, 4.69) is 20.6 Å². The van der Waals surface area contributed by atoms with Crippen molar-refractivity contribution in [3.05, 3.63) is 59.4 Å². The van der Waals surface area contributed by atoms with Gasteiger partial charge in [-0.1, -0.05) is 25.3 Å². The van der Waals surface area contributed by atoms with E-state index in [4.69, 9.17) is 31.5 Å². The molecule has 1 aliphatic rings. The molecule has 10 heteroatoms. The zero-order valence-corrected chi connectivity index (χ0v) is 18.9. The Labute approximate surface area is 196 Å². The number of carbonyl (C=O) groups is 1. The molecule has 3 N–H and O–H groups in total. The number of nitrogens with zero attached hydrogens (tertiary/aromatic N) is 3. The van der Waals surface area contributed by atoms with E-state index >= 15 is 0 Å². The number of aromatic nitrogens is 4. The molecule has 0 aliphatic carbocycles. The number of carbonyl (C=O) groups excluding carboxylic acids is 1. The van der Waals surface area contributed by atoms with Crippen LogP contribution in [0, 0.1) is 0 Å². The third-order valence-corrected chi connectivity index (χ3v) is 5.63. The lowest BCUT2D eigenvalue weighted by Gasteiger charge is -2.33. The fourth-order valence-corrected chi connectivity index (χ4v) is 3.73. The lowest BCUT2D eigenvalue weighted by molar-refractivity contribution is -0.0154. The fraction of sp³-hybridized carbons (Fsp3) is 0.391. The summed E-state index contributed by atoms with van der Waals surface area (Å²) >= 11 is 5.69. The molecule has 174 valence electrons. The van der Waals surface area contributed by atoms with E-state index < -0.39 is 5.72 Å². The number of tetrazole rings is 1. The molecule has 33 heavy (non-hydrogen) atoms. The smallest absolute Gasteiger partial charge is 0.254 e. The van der Waals surface area contributed by atoms with Crippen molar-refractivity contribution in [1.82, 2.24) is 20.6 Å². The van der Waals surface area contributed by atoms with Crippen molar-refractivity contribution in [2.45, 2.75) is 37.8 Å². The Morgan fingerprint density at radius 3 is 2.67 bits per heavy atom. The number of aromatic amines is 1. The van der Waals surface area contributed by atoms with Crippen LogP contribution in [0.25, 0.3) is 0 Å². The van der Waals surface area contributed by atoms with E-state index in [1.165, 1.54) is 0 Å². The Bertz CT molecular complexity index is 1060. The Kier molecular flexibility index (Phi) is 7.41. The second kappa shape index (κ2) is 10.6. The van der Waals surface area contributed by atoms with Crippen molar-refractivity contribution in [2.24, 2.45) is 5.73 Å². The van der Waals surface area contributed by atoms with E-state index in [1.807, 2.05) is 0 Å². The number of nitrogens with two attached hydrogens (primary N) is 1. The largest absolute Gasteiger partial charge is 0.494 e. The van der Waals surface area contributed by atoms with E-state index in [0.29, 0.717) is 23.5 Å². The van der Waals surface area contributed by atoms with Gasteiger partial charge in [0.1, 0.15) is 12.4 Å². The minimum atomic E-state index is -1.44. The van der Waals surface area contributed by atoms with Crippen LogP contribution < -0.4 is 19.9 Å². The quantitative estimate of drug-likeness (QED) is 0.247. The highest BCUT2D eigenvalue weighted by atomic mass is 35.5. The number of hydrogen-bond acceptors (Lipinski definition) is 8. The van der Waals surface area contributed by atoms with Gasteiger partial charge in [-0.2, -0.15) is 0 Å². The highest BCUT2D eigenvalue weighted by Gasteiger charge is 2.41. The zero-order valence-electron chi connectivity index (χ0n) is 18.1. The fourth-order valence-electron chi connectivity index (χ4n) is 3.54. The number of fused-ring (bicyclic) bond motifs is 1. The summed E-state index contributed by atoms with van der Waals surface area (Å²) in [6.07, 6.45) is 5.47. The van der Waals surface area contributed by atoms with Crippen LogP contribution in [-0.2, 0) is 5.72 Å². The second-order valence-corrected chi connectivity index (χ2v) is 8.20. The predicted molar refractivity (Wildman–Crippen MR) is 122 cm³/mol. The Balaban J connectivity index is 1.41. The third kappa shape index (κ3) is 5.43. The van der Waals surface area contributed by atoms with Gasteiger partial charge in [0.25, 0.3) is 5.72 Å². The van der Waals surface area contributed by atoms with Gasteiger partial charge >= 0.3 is 0 Å². The average Bonchev–Trinajstić information content (AvgIpc) is 3.39. The molecule has 0 saturated heterocycles. The summed E-state index contributed by atoms with van der Waals surface area (Å²) in [6, 6.07) is 12.2. The maximum absolute atomic E-state index is 13.2. The Hall–Kier alpha value is -3.17. The summed E-state index contributed by atoms with van der Waals surface area (Å²) in [5.74, 6) is 2.11. The minimum Gasteiger partial charge on any atom is -0.494 e. The van der Waals surface area contributed by atoms with Crippen LogP contribution in [0.5, 0.6) is 17.2 Å². The van der Waals surface area contributed by atoms with Gasteiger partial charge in [-0.3, -0.25) is 10.5 Å². The molecule has 0 amide bonds. The number of rotatable bonds is 11. The van der Waals surface area contributed by atoms with Gasteiger partial charge in [0, 0.05) is 11.4 Å². The molecule has 1 unspecified atom stereocenters. The minimum absolute atomic E-state index is 0.00668. The first-order valence-corrected chi connectivity index (χ1v) is 11.5. The maximum Gasteiger partial charge on any atom is 0.254 e. The number of halogens is 1. The molecule has 0 fully saturated rings. The van der Waals surface area contributed by atoms with Crippen LogP contribution >= 0.6 is 11.6 Å². The van der Waals surface area contributed by atoms with Crippen LogP contribution in [0.1, 0.15) is 53.8 Å². The normalized spacial score (nSPS) is 17.0. The maximum atomic E-state index is 13.2. The second-order valence-electron chi connectivity index (χ2n) is 7.82. The molecule has 1 atom stereocenters. The van der Waals surface area contributed by atoms with Gasteiger partial charge in [0.15, 0.2) is 17.3 Å². The molecule has 9 nitrogen and oxygen atoms in total. The van der Waals surface area contributed by atoms with E-state index in [9.17, 15) is 4.79 Å². The first kappa shape index (κ1) is 23.0. The number of benzene rings is 2. The summed E-state index contributed by atoms with van der Waals surface area (Å²) in [7, 11) is 0. The molecule has 0 radical (unpaired) electrons. The van der Waals surface area contributed by atoms with Gasteiger partial charge in [0.05, 0.1) is 12.2 Å². The SMILES string of the molecule is NC1(c2nnn[nH]2)COc2cccc(C(=O)c3ccc(OCCCCCCCCl)cc3)c2O1. The Morgan fingerprint density at radius 2 is 1.91 bits per heavy atom. The van der Waals surface area contributed by atoms with Crippen molar-refractivity contribution in [2.75, 3.05) is 19.1 Å². The van der Waals surface area contributed by atoms with Gasteiger partial charge in [-0.15, -0.1) is 16.7 Å². The molecule has 1 aromatic heterocycles. The van der Waals surface area contributed by atoms with Gasteiger partial charge in [0.2, 0.25) is 5.82 Å². The van der Waals surface area contributed by atoms with E-state index in [0.717, 1.165) is 43.7 Å². The average molecular weight is 472 g/mol. The molecule has 2 aromatic carbocycles. The highest BCUT2D eigenvalue weighted by Crippen LogP contribution is 2.40. The summed E-state index contributed by atoms with van der Waals surface area (Å²) in [5, 5.41) is 13.5.